The Kier molecular flexibility index (Phi) is 4.87. The lowest BCUT2D eigenvalue weighted by molar-refractivity contribution is 0.0963. The Balaban J connectivity index is 1.64. The van der Waals surface area contributed by atoms with Gasteiger partial charge in [0.15, 0.2) is 5.65 Å². The van der Waals surface area contributed by atoms with E-state index in [-0.39, 0.29) is 11.9 Å². The second-order valence-corrected chi connectivity index (χ2v) is 6.99. The molecule has 0 bridgehead atoms. The van der Waals surface area contributed by atoms with Crippen LogP contribution in [0, 0.1) is 0 Å². The lowest BCUT2D eigenvalue weighted by atomic mass is 10.2. The normalized spacial score (nSPS) is 13.7. The molecule has 0 saturated carbocycles. The fourth-order valence-corrected chi connectivity index (χ4v) is 3.41. The Hall–Kier alpha value is -3.13. The molecule has 1 fully saturated rings. The van der Waals surface area contributed by atoms with Gasteiger partial charge in [-0.25, -0.2) is 14.8 Å². The van der Waals surface area contributed by atoms with Crippen LogP contribution in [0.2, 0.25) is 5.02 Å². The smallest absolute Gasteiger partial charge is 0.321 e. The van der Waals surface area contributed by atoms with Gasteiger partial charge in [-0.05, 0) is 37.1 Å². The molecule has 3 N–H and O–H groups in total. The number of hydrogen-bond donors (Lipinski definition) is 3. The second-order valence-electron chi connectivity index (χ2n) is 6.58. The number of fused-ring (bicyclic) bond motifs is 1. The minimum atomic E-state index is -0.227. The first-order chi connectivity index (χ1) is 13.5. The molecule has 8 nitrogen and oxygen atoms in total. The van der Waals surface area contributed by atoms with E-state index < -0.39 is 0 Å². The van der Waals surface area contributed by atoms with Crippen LogP contribution in [-0.2, 0) is 0 Å². The molecule has 3 amide bonds. The molecule has 28 heavy (non-hydrogen) atoms. The zero-order valence-corrected chi connectivity index (χ0v) is 16.0. The standard InChI is InChI=1S/C19H19ClN6O2/c1-21-18(27)11-8-15-17(22-10-11)25-16(24-15)13-9-12(4-5-14(13)20)23-19(28)26-6-2-3-7-26/h4-5,8-10H,2-3,6-7H2,1H3,(H,21,27)(H,23,28)(H,22,24,25). The molecule has 3 heterocycles. The number of rotatable bonds is 3. The summed E-state index contributed by atoms with van der Waals surface area (Å²) < 4.78 is 0. The number of aromatic nitrogens is 3. The number of carbonyl (C=O) groups is 2. The van der Waals surface area contributed by atoms with Crippen LogP contribution in [0.4, 0.5) is 10.5 Å². The van der Waals surface area contributed by atoms with Gasteiger partial charge in [-0.1, -0.05) is 11.6 Å². The Bertz CT molecular complexity index is 1060. The van der Waals surface area contributed by atoms with Crippen LogP contribution in [0.1, 0.15) is 23.2 Å². The molecule has 9 heteroatoms. The molecule has 0 aliphatic carbocycles. The highest BCUT2D eigenvalue weighted by Crippen LogP contribution is 2.30. The fourth-order valence-electron chi connectivity index (χ4n) is 3.20. The largest absolute Gasteiger partial charge is 0.355 e. The molecule has 0 radical (unpaired) electrons. The molecule has 0 atom stereocenters. The van der Waals surface area contributed by atoms with Crippen LogP contribution in [0.15, 0.2) is 30.5 Å². The van der Waals surface area contributed by atoms with Gasteiger partial charge in [-0.15, -0.1) is 0 Å². The molecule has 4 rings (SSSR count). The topological polar surface area (TPSA) is 103 Å². The first-order valence-corrected chi connectivity index (χ1v) is 9.36. The molecule has 3 aromatic rings. The first-order valence-electron chi connectivity index (χ1n) is 8.99. The van der Waals surface area contributed by atoms with E-state index in [1.54, 1.807) is 36.2 Å². The van der Waals surface area contributed by atoms with E-state index in [0.29, 0.717) is 38.8 Å². The van der Waals surface area contributed by atoms with E-state index in [1.165, 1.54) is 6.20 Å². The third-order valence-electron chi connectivity index (χ3n) is 4.69. The van der Waals surface area contributed by atoms with Crippen LogP contribution < -0.4 is 10.6 Å². The van der Waals surface area contributed by atoms with Crippen molar-refractivity contribution in [2.75, 3.05) is 25.5 Å². The average Bonchev–Trinajstić information content (AvgIpc) is 3.38. The van der Waals surface area contributed by atoms with Gasteiger partial charge in [0.1, 0.15) is 5.82 Å². The molecule has 0 unspecified atom stereocenters. The number of benzene rings is 1. The Morgan fingerprint density at radius 2 is 2.00 bits per heavy atom. The molecule has 1 aliphatic rings. The number of urea groups is 1. The molecule has 1 aromatic carbocycles. The van der Waals surface area contributed by atoms with Crippen LogP contribution in [0.3, 0.4) is 0 Å². The summed E-state index contributed by atoms with van der Waals surface area (Å²) in [5, 5.41) is 5.96. The molecule has 0 spiro atoms. The Labute approximate surface area is 166 Å². The summed E-state index contributed by atoms with van der Waals surface area (Å²) in [6.45, 7) is 1.55. The maximum Gasteiger partial charge on any atom is 0.321 e. The van der Waals surface area contributed by atoms with E-state index in [0.717, 1.165) is 25.9 Å². The van der Waals surface area contributed by atoms with Crippen LogP contribution in [-0.4, -0.2) is 51.9 Å². The monoisotopic (exact) mass is 398 g/mol. The van der Waals surface area contributed by atoms with E-state index in [4.69, 9.17) is 11.6 Å². The first kappa shape index (κ1) is 18.2. The lowest BCUT2D eigenvalue weighted by Gasteiger charge is -2.16. The molecular formula is C19H19ClN6O2. The van der Waals surface area contributed by atoms with E-state index in [2.05, 4.69) is 25.6 Å². The molecular weight excluding hydrogens is 380 g/mol. The van der Waals surface area contributed by atoms with E-state index in [9.17, 15) is 9.59 Å². The van der Waals surface area contributed by atoms with Crippen LogP contribution in [0.5, 0.6) is 0 Å². The number of amides is 3. The van der Waals surface area contributed by atoms with Gasteiger partial charge in [0.25, 0.3) is 5.91 Å². The highest BCUT2D eigenvalue weighted by atomic mass is 35.5. The number of pyridine rings is 1. The molecule has 1 aliphatic heterocycles. The second kappa shape index (κ2) is 7.47. The Morgan fingerprint density at radius 3 is 2.75 bits per heavy atom. The van der Waals surface area contributed by atoms with Gasteiger partial charge >= 0.3 is 6.03 Å². The maximum atomic E-state index is 12.3. The number of likely N-dealkylation sites (tertiary alicyclic amines) is 1. The van der Waals surface area contributed by atoms with Gasteiger partial charge in [0.2, 0.25) is 0 Å². The van der Waals surface area contributed by atoms with Crippen molar-refractivity contribution in [2.45, 2.75) is 12.8 Å². The van der Waals surface area contributed by atoms with Crippen molar-refractivity contribution in [2.24, 2.45) is 0 Å². The number of carbonyl (C=O) groups excluding carboxylic acids is 2. The van der Waals surface area contributed by atoms with Crippen molar-refractivity contribution in [3.63, 3.8) is 0 Å². The zero-order valence-electron chi connectivity index (χ0n) is 15.3. The number of hydrogen-bond acceptors (Lipinski definition) is 4. The number of anilines is 1. The van der Waals surface area contributed by atoms with Crippen molar-refractivity contribution in [1.82, 2.24) is 25.2 Å². The van der Waals surface area contributed by atoms with Crippen molar-refractivity contribution < 1.29 is 9.59 Å². The number of imidazole rings is 1. The summed E-state index contributed by atoms with van der Waals surface area (Å²) in [6, 6.07) is 6.81. The molecule has 144 valence electrons. The number of nitrogens with zero attached hydrogens (tertiary/aromatic N) is 3. The quantitative estimate of drug-likeness (QED) is 0.630. The lowest BCUT2D eigenvalue weighted by Crippen LogP contribution is -2.32. The van der Waals surface area contributed by atoms with Gasteiger partial charge in [-0.2, -0.15) is 0 Å². The molecule has 2 aromatic heterocycles. The van der Waals surface area contributed by atoms with Crippen LogP contribution in [0.25, 0.3) is 22.6 Å². The third-order valence-corrected chi connectivity index (χ3v) is 5.02. The van der Waals surface area contributed by atoms with Crippen molar-refractivity contribution >= 4 is 40.4 Å². The third kappa shape index (κ3) is 3.50. The number of nitrogens with one attached hydrogen (secondary N) is 3. The summed E-state index contributed by atoms with van der Waals surface area (Å²) in [7, 11) is 1.56. The van der Waals surface area contributed by atoms with Gasteiger partial charge in [0, 0.05) is 37.6 Å². The van der Waals surface area contributed by atoms with Gasteiger partial charge in [-0.3, -0.25) is 4.79 Å². The fraction of sp³-hybridized carbons (Fsp3) is 0.263. The summed E-state index contributed by atoms with van der Waals surface area (Å²) >= 11 is 6.36. The number of halogens is 1. The summed E-state index contributed by atoms with van der Waals surface area (Å²) in [6.07, 6.45) is 3.53. The summed E-state index contributed by atoms with van der Waals surface area (Å²) in [5.41, 5.74) is 2.81. The highest BCUT2D eigenvalue weighted by molar-refractivity contribution is 6.33. The van der Waals surface area contributed by atoms with Crippen molar-refractivity contribution in [1.29, 1.82) is 0 Å². The highest BCUT2D eigenvalue weighted by Gasteiger charge is 2.19. The van der Waals surface area contributed by atoms with E-state index >= 15 is 0 Å². The predicted molar refractivity (Wildman–Crippen MR) is 108 cm³/mol. The minimum Gasteiger partial charge on any atom is -0.355 e. The van der Waals surface area contributed by atoms with Gasteiger partial charge in [0.05, 0.1) is 16.1 Å². The van der Waals surface area contributed by atoms with Crippen molar-refractivity contribution in [3.05, 3.63) is 41.0 Å². The minimum absolute atomic E-state index is 0.118. The maximum absolute atomic E-state index is 12.3. The number of H-pyrrole nitrogens is 1. The van der Waals surface area contributed by atoms with E-state index in [1.807, 2.05) is 0 Å². The average molecular weight is 399 g/mol. The number of aromatic amines is 1. The van der Waals surface area contributed by atoms with Crippen LogP contribution >= 0.6 is 11.6 Å². The molecule has 1 saturated heterocycles. The zero-order chi connectivity index (χ0) is 19.7. The Morgan fingerprint density at radius 1 is 1.21 bits per heavy atom. The summed E-state index contributed by atoms with van der Waals surface area (Å²) in [5.74, 6) is 0.286. The SMILES string of the molecule is CNC(=O)c1cnc2nc(-c3cc(NC(=O)N4CCCC4)ccc3Cl)[nH]c2c1. The van der Waals surface area contributed by atoms with Gasteiger partial charge < -0.3 is 20.5 Å². The summed E-state index contributed by atoms with van der Waals surface area (Å²) in [4.78, 5) is 37.7. The van der Waals surface area contributed by atoms with Crippen molar-refractivity contribution in [3.8, 4) is 11.4 Å². The predicted octanol–water partition coefficient (Wildman–Crippen LogP) is 3.27.